The molecule has 2 aromatic carbocycles. The van der Waals surface area contributed by atoms with Crippen LogP contribution < -0.4 is 10.0 Å². The van der Waals surface area contributed by atoms with Gasteiger partial charge in [-0.3, -0.25) is 4.79 Å². The predicted octanol–water partition coefficient (Wildman–Crippen LogP) is 5.51. The van der Waals surface area contributed by atoms with E-state index < -0.39 is 15.8 Å². The van der Waals surface area contributed by atoms with E-state index in [9.17, 15) is 17.6 Å². The van der Waals surface area contributed by atoms with Crippen LogP contribution in [0, 0.1) is 11.7 Å². The minimum Gasteiger partial charge on any atom is -0.353 e. The highest BCUT2D eigenvalue weighted by atomic mass is 35.5. The highest BCUT2D eigenvalue weighted by Crippen LogP contribution is 2.23. The molecule has 2 N–H and O–H groups in total. The summed E-state index contributed by atoms with van der Waals surface area (Å²) < 4.78 is 40.2. The fourth-order valence-corrected chi connectivity index (χ4v) is 5.64. The maximum Gasteiger partial charge on any atom is 0.243 e. The molecule has 1 amide bonds. The van der Waals surface area contributed by atoms with Crippen molar-refractivity contribution in [1.82, 2.24) is 14.9 Å². The van der Waals surface area contributed by atoms with E-state index >= 15 is 0 Å². The van der Waals surface area contributed by atoms with Crippen LogP contribution in [0.2, 0.25) is 10.0 Å². The van der Waals surface area contributed by atoms with Crippen LogP contribution in [0.25, 0.3) is 6.08 Å². The summed E-state index contributed by atoms with van der Waals surface area (Å²) in [5.74, 6) is -0.0880. The van der Waals surface area contributed by atoms with Crippen LogP contribution in [0.3, 0.4) is 0 Å². The van der Waals surface area contributed by atoms with Crippen LogP contribution in [0.4, 0.5) is 4.39 Å². The molecule has 1 saturated heterocycles. The minimum absolute atomic E-state index is 0.0862. The zero-order chi connectivity index (χ0) is 26.7. The third-order valence-electron chi connectivity index (χ3n) is 6.50. The van der Waals surface area contributed by atoms with Crippen molar-refractivity contribution in [3.63, 3.8) is 0 Å². The Bertz CT molecular complexity index is 1150. The first-order valence-corrected chi connectivity index (χ1v) is 14.9. The van der Waals surface area contributed by atoms with E-state index in [-0.39, 0.29) is 10.8 Å². The van der Waals surface area contributed by atoms with Crippen LogP contribution in [0.15, 0.2) is 53.4 Å². The molecule has 3 rings (SSSR count). The average Bonchev–Trinajstić information content (AvgIpc) is 2.88. The molecule has 0 radical (unpaired) electrons. The van der Waals surface area contributed by atoms with Gasteiger partial charge in [-0.25, -0.2) is 17.5 Å². The van der Waals surface area contributed by atoms with Gasteiger partial charge in [0.1, 0.15) is 5.82 Å². The van der Waals surface area contributed by atoms with E-state index in [0.717, 1.165) is 75.9 Å². The van der Waals surface area contributed by atoms with Gasteiger partial charge in [0, 0.05) is 19.2 Å². The summed E-state index contributed by atoms with van der Waals surface area (Å²) in [6, 6.07) is 10.1. The molecule has 0 aliphatic carbocycles. The summed E-state index contributed by atoms with van der Waals surface area (Å²) in [5, 5.41) is 3.84. The number of halogens is 3. The number of likely N-dealkylation sites (tertiary alicyclic amines) is 1. The van der Waals surface area contributed by atoms with Gasteiger partial charge < -0.3 is 10.2 Å². The maximum absolute atomic E-state index is 13.0. The molecule has 1 aliphatic heterocycles. The van der Waals surface area contributed by atoms with Crippen molar-refractivity contribution in [2.75, 3.05) is 32.7 Å². The summed E-state index contributed by atoms with van der Waals surface area (Å²) in [6.45, 7) is 4.10. The number of piperidine rings is 1. The highest BCUT2D eigenvalue weighted by Gasteiger charge is 2.20. The molecule has 0 aromatic heterocycles. The second kappa shape index (κ2) is 14.8. The molecule has 0 saturated carbocycles. The third-order valence-corrected chi connectivity index (χ3v) is 8.71. The number of carbonyl (C=O) groups is 1. The largest absolute Gasteiger partial charge is 0.353 e. The van der Waals surface area contributed by atoms with Gasteiger partial charge in [-0.2, -0.15) is 0 Å². The molecule has 1 fully saturated rings. The topological polar surface area (TPSA) is 78.5 Å². The van der Waals surface area contributed by atoms with Crippen molar-refractivity contribution in [3.05, 3.63) is 70.0 Å². The van der Waals surface area contributed by atoms with E-state index in [0.29, 0.717) is 29.1 Å². The summed E-state index contributed by atoms with van der Waals surface area (Å²) in [4.78, 5) is 14.5. The number of hydrogen-bond donors (Lipinski definition) is 2. The van der Waals surface area contributed by atoms with Crippen LogP contribution in [-0.2, 0) is 14.8 Å². The SMILES string of the molecule is O=C(/C=C/c1ccc(Cl)c(Cl)c1)NCCCCCN1CCC(CCNS(=O)(=O)c2ccc(F)cc2)CC1. The summed E-state index contributed by atoms with van der Waals surface area (Å²) in [5.41, 5.74) is 0.819. The molecule has 2 aromatic rings. The molecule has 202 valence electrons. The Morgan fingerprint density at radius 3 is 2.43 bits per heavy atom. The number of rotatable bonds is 13. The third kappa shape index (κ3) is 10.4. The van der Waals surface area contributed by atoms with Crippen LogP contribution in [0.1, 0.15) is 44.1 Å². The smallest absolute Gasteiger partial charge is 0.243 e. The fraction of sp³-hybridized carbons (Fsp3) is 0.444. The Kier molecular flexibility index (Phi) is 11.9. The predicted molar refractivity (Wildman–Crippen MR) is 148 cm³/mol. The molecular weight excluding hydrogens is 536 g/mol. The second-order valence-corrected chi connectivity index (χ2v) is 11.9. The Balaban J connectivity index is 1.21. The molecule has 0 spiro atoms. The molecule has 0 bridgehead atoms. The monoisotopic (exact) mass is 569 g/mol. The molecule has 1 aliphatic rings. The Morgan fingerprint density at radius 2 is 1.73 bits per heavy atom. The van der Waals surface area contributed by atoms with Crippen molar-refractivity contribution in [2.45, 2.75) is 43.4 Å². The van der Waals surface area contributed by atoms with Gasteiger partial charge >= 0.3 is 0 Å². The van der Waals surface area contributed by atoms with Gasteiger partial charge in [-0.15, -0.1) is 0 Å². The number of carbonyl (C=O) groups excluding carboxylic acids is 1. The van der Waals surface area contributed by atoms with E-state index in [1.807, 2.05) is 0 Å². The fourth-order valence-electron chi connectivity index (χ4n) is 4.29. The van der Waals surface area contributed by atoms with E-state index in [1.165, 1.54) is 18.2 Å². The lowest BCUT2D eigenvalue weighted by atomic mass is 9.93. The second-order valence-electron chi connectivity index (χ2n) is 9.28. The lowest BCUT2D eigenvalue weighted by Crippen LogP contribution is -2.35. The Labute approximate surface area is 229 Å². The zero-order valence-corrected chi connectivity index (χ0v) is 23.1. The Morgan fingerprint density at radius 1 is 1.00 bits per heavy atom. The van der Waals surface area contributed by atoms with E-state index in [4.69, 9.17) is 23.2 Å². The first kappa shape index (κ1) is 29.6. The number of hydrogen-bond acceptors (Lipinski definition) is 4. The molecule has 6 nitrogen and oxygen atoms in total. The van der Waals surface area contributed by atoms with Crippen molar-refractivity contribution >= 4 is 45.2 Å². The van der Waals surface area contributed by atoms with Crippen LogP contribution in [-0.4, -0.2) is 51.9 Å². The number of benzene rings is 2. The summed E-state index contributed by atoms with van der Waals surface area (Å²) in [7, 11) is -3.60. The number of unbranched alkanes of at least 4 members (excludes halogenated alkanes) is 2. The lowest BCUT2D eigenvalue weighted by molar-refractivity contribution is -0.116. The minimum atomic E-state index is -3.60. The molecular formula is C27H34Cl2FN3O3S. The maximum atomic E-state index is 13.0. The van der Waals surface area contributed by atoms with E-state index in [2.05, 4.69) is 14.9 Å². The highest BCUT2D eigenvalue weighted by molar-refractivity contribution is 7.89. The first-order chi connectivity index (χ1) is 17.7. The van der Waals surface area contributed by atoms with Gasteiger partial charge in [0.05, 0.1) is 14.9 Å². The number of nitrogens with one attached hydrogen (secondary N) is 2. The molecule has 0 atom stereocenters. The van der Waals surface area contributed by atoms with Crippen molar-refractivity contribution in [3.8, 4) is 0 Å². The van der Waals surface area contributed by atoms with Crippen molar-refractivity contribution < 1.29 is 17.6 Å². The number of amides is 1. The van der Waals surface area contributed by atoms with Crippen LogP contribution >= 0.6 is 23.2 Å². The number of sulfonamides is 1. The van der Waals surface area contributed by atoms with Crippen molar-refractivity contribution in [1.29, 1.82) is 0 Å². The van der Waals surface area contributed by atoms with Gasteiger partial charge in [0.15, 0.2) is 0 Å². The summed E-state index contributed by atoms with van der Waals surface area (Å²) >= 11 is 11.9. The van der Waals surface area contributed by atoms with Gasteiger partial charge in [-0.05, 0) is 106 Å². The quantitative estimate of drug-likeness (QED) is 0.246. The molecule has 10 heteroatoms. The summed E-state index contributed by atoms with van der Waals surface area (Å²) in [6.07, 6.45) is 9.17. The zero-order valence-electron chi connectivity index (χ0n) is 20.8. The first-order valence-electron chi connectivity index (χ1n) is 12.6. The van der Waals surface area contributed by atoms with E-state index in [1.54, 1.807) is 24.3 Å². The standard InChI is InChI=1S/C27H34Cl2FN3O3S/c28-25-10-4-22(20-26(25)29)5-11-27(34)31-15-2-1-3-17-33-18-13-21(14-19-33)12-16-32-37(35,36)24-8-6-23(30)7-9-24/h4-11,20-21,32H,1-3,12-19H2,(H,31,34)/b11-5+. The Hall–Kier alpha value is -1.97. The van der Waals surface area contributed by atoms with Crippen LogP contribution in [0.5, 0.6) is 0 Å². The van der Waals surface area contributed by atoms with Gasteiger partial charge in [0.25, 0.3) is 0 Å². The average molecular weight is 571 g/mol. The van der Waals surface area contributed by atoms with Crippen molar-refractivity contribution in [2.24, 2.45) is 5.92 Å². The molecule has 1 heterocycles. The number of nitrogens with zero attached hydrogens (tertiary/aromatic N) is 1. The van der Waals surface area contributed by atoms with Gasteiger partial charge in [0.2, 0.25) is 15.9 Å². The van der Waals surface area contributed by atoms with Gasteiger partial charge in [-0.1, -0.05) is 35.7 Å². The lowest BCUT2D eigenvalue weighted by Gasteiger charge is -2.32. The molecule has 37 heavy (non-hydrogen) atoms. The molecule has 0 unspecified atom stereocenters. The normalized spacial score (nSPS) is 15.3.